The van der Waals surface area contributed by atoms with Crippen molar-refractivity contribution in [3.63, 3.8) is 0 Å². The normalized spacial score (nSPS) is 25.5. The molecule has 1 aliphatic carbocycles. The maximum absolute atomic E-state index is 13.4. The molecule has 0 spiro atoms. The monoisotopic (exact) mass is 349 g/mol. The molecule has 132 valence electrons. The van der Waals surface area contributed by atoms with E-state index in [2.05, 4.69) is 5.32 Å². The van der Waals surface area contributed by atoms with Crippen LogP contribution >= 0.6 is 0 Å². The number of nitrogens with one attached hydrogen (secondary N) is 1. The van der Waals surface area contributed by atoms with Gasteiger partial charge in [-0.2, -0.15) is 13.2 Å². The summed E-state index contributed by atoms with van der Waals surface area (Å²) < 4.78 is 53.2. The topological polar surface area (TPSA) is 12.0 Å². The van der Waals surface area contributed by atoms with Crippen molar-refractivity contribution in [2.45, 2.75) is 37.4 Å². The largest absolute Gasteiger partial charge is 0.416 e. The summed E-state index contributed by atoms with van der Waals surface area (Å²) in [6.07, 6.45) is -2.41. The van der Waals surface area contributed by atoms with Gasteiger partial charge in [0.05, 0.1) is 5.56 Å². The first-order valence-corrected chi connectivity index (χ1v) is 8.60. The van der Waals surface area contributed by atoms with E-state index >= 15 is 0 Å². The summed E-state index contributed by atoms with van der Waals surface area (Å²) in [5.41, 5.74) is 1.73. The van der Waals surface area contributed by atoms with Crippen molar-refractivity contribution in [2.24, 2.45) is 5.92 Å². The van der Waals surface area contributed by atoms with Crippen LogP contribution in [0.15, 0.2) is 42.5 Å². The molecule has 0 bridgehead atoms. The zero-order chi connectivity index (χ0) is 17.6. The first-order chi connectivity index (χ1) is 11.9. The highest BCUT2D eigenvalue weighted by Gasteiger charge is 2.43. The van der Waals surface area contributed by atoms with Gasteiger partial charge in [0, 0.05) is 18.5 Å². The number of halogens is 4. The second kappa shape index (κ2) is 6.13. The molecule has 2 aliphatic rings. The zero-order valence-corrected chi connectivity index (χ0v) is 13.6. The minimum absolute atomic E-state index is 0.101. The molecule has 1 heterocycles. The maximum Gasteiger partial charge on any atom is 0.416 e. The molecule has 1 fully saturated rings. The van der Waals surface area contributed by atoms with Crippen LogP contribution in [0.25, 0.3) is 0 Å². The first kappa shape index (κ1) is 16.6. The van der Waals surface area contributed by atoms with E-state index in [9.17, 15) is 17.6 Å². The highest BCUT2D eigenvalue weighted by atomic mass is 19.4. The van der Waals surface area contributed by atoms with Crippen LogP contribution in [-0.2, 0) is 19.0 Å². The predicted octanol–water partition coefficient (Wildman–Crippen LogP) is 4.71. The van der Waals surface area contributed by atoms with Gasteiger partial charge in [-0.15, -0.1) is 0 Å². The molecule has 0 aromatic heterocycles. The minimum atomic E-state index is -4.30. The lowest BCUT2D eigenvalue weighted by atomic mass is 9.72. The Labute approximate surface area is 144 Å². The van der Waals surface area contributed by atoms with Gasteiger partial charge in [0.15, 0.2) is 0 Å². The Bertz CT molecular complexity index is 784. The first-order valence-electron chi connectivity index (χ1n) is 8.60. The van der Waals surface area contributed by atoms with E-state index in [1.165, 1.54) is 24.3 Å². The lowest BCUT2D eigenvalue weighted by Crippen LogP contribution is -2.31. The van der Waals surface area contributed by atoms with Crippen LogP contribution in [-0.4, -0.2) is 12.6 Å². The van der Waals surface area contributed by atoms with Crippen molar-refractivity contribution in [1.29, 1.82) is 0 Å². The molecule has 0 radical (unpaired) electrons. The third kappa shape index (κ3) is 3.06. The lowest BCUT2D eigenvalue weighted by molar-refractivity contribution is -0.138. The summed E-state index contributed by atoms with van der Waals surface area (Å²) in [5, 5.41) is 3.46. The minimum Gasteiger partial charge on any atom is -0.313 e. The van der Waals surface area contributed by atoms with Crippen LogP contribution in [0.5, 0.6) is 0 Å². The second-order valence-corrected chi connectivity index (χ2v) is 7.03. The summed E-state index contributed by atoms with van der Waals surface area (Å²) in [7, 11) is 0. The van der Waals surface area contributed by atoms with Crippen molar-refractivity contribution < 1.29 is 17.6 Å². The fourth-order valence-electron chi connectivity index (χ4n) is 4.55. The van der Waals surface area contributed by atoms with Crippen LogP contribution in [0.2, 0.25) is 0 Å². The molecule has 0 saturated carbocycles. The van der Waals surface area contributed by atoms with Crippen LogP contribution < -0.4 is 5.32 Å². The van der Waals surface area contributed by atoms with Crippen molar-refractivity contribution in [3.05, 3.63) is 70.5 Å². The third-order valence-electron chi connectivity index (χ3n) is 5.62. The maximum atomic E-state index is 13.4. The number of benzene rings is 2. The number of rotatable bonds is 2. The van der Waals surface area contributed by atoms with Gasteiger partial charge in [-0.05, 0) is 60.1 Å². The molecule has 1 N–H and O–H groups in total. The molecule has 2 aromatic carbocycles. The Morgan fingerprint density at radius 1 is 1.08 bits per heavy atom. The molecule has 1 nitrogen and oxygen atoms in total. The van der Waals surface area contributed by atoms with E-state index in [4.69, 9.17) is 0 Å². The molecule has 5 heteroatoms. The quantitative estimate of drug-likeness (QED) is 0.775. The van der Waals surface area contributed by atoms with E-state index in [1.807, 2.05) is 12.1 Å². The van der Waals surface area contributed by atoms with E-state index in [0.29, 0.717) is 30.9 Å². The highest BCUT2D eigenvalue weighted by molar-refractivity contribution is 5.42. The van der Waals surface area contributed by atoms with E-state index < -0.39 is 11.7 Å². The van der Waals surface area contributed by atoms with Gasteiger partial charge >= 0.3 is 6.18 Å². The van der Waals surface area contributed by atoms with Crippen molar-refractivity contribution >= 4 is 0 Å². The average Bonchev–Trinajstić information content (AvgIpc) is 2.97. The molecule has 4 rings (SSSR count). The fourth-order valence-corrected chi connectivity index (χ4v) is 4.55. The summed E-state index contributed by atoms with van der Waals surface area (Å²) >= 11 is 0. The number of alkyl halides is 3. The summed E-state index contributed by atoms with van der Waals surface area (Å²) in [5.74, 6) is 0.139. The Balaban J connectivity index is 1.60. The van der Waals surface area contributed by atoms with E-state index in [-0.39, 0.29) is 17.8 Å². The number of fused-ring (bicyclic) bond motifs is 3. The molecule has 1 unspecified atom stereocenters. The smallest absolute Gasteiger partial charge is 0.313 e. The Kier molecular flexibility index (Phi) is 4.07. The third-order valence-corrected chi connectivity index (χ3v) is 5.62. The lowest BCUT2D eigenvalue weighted by Gasteiger charge is -2.32. The molecule has 1 aliphatic heterocycles. The molecule has 1 saturated heterocycles. The SMILES string of the molecule is Fc1cccc(C[C@H]2NC[C@@H]3c4cccc(C(F)(F)F)c4CCC32)c1. The van der Waals surface area contributed by atoms with E-state index in [0.717, 1.165) is 17.5 Å². The Hall–Kier alpha value is -1.88. The van der Waals surface area contributed by atoms with Gasteiger partial charge in [-0.3, -0.25) is 0 Å². The predicted molar refractivity (Wildman–Crippen MR) is 87.9 cm³/mol. The van der Waals surface area contributed by atoms with Crippen LogP contribution in [0.1, 0.15) is 34.6 Å². The van der Waals surface area contributed by atoms with Crippen molar-refractivity contribution in [3.8, 4) is 0 Å². The Morgan fingerprint density at radius 2 is 1.88 bits per heavy atom. The Morgan fingerprint density at radius 3 is 2.64 bits per heavy atom. The molecule has 25 heavy (non-hydrogen) atoms. The summed E-state index contributed by atoms with van der Waals surface area (Å²) in [6, 6.07) is 11.3. The fraction of sp³-hybridized carbons (Fsp3) is 0.400. The second-order valence-electron chi connectivity index (χ2n) is 7.03. The summed E-state index contributed by atoms with van der Waals surface area (Å²) in [4.78, 5) is 0. The number of hydrogen-bond acceptors (Lipinski definition) is 1. The molecule has 2 aromatic rings. The highest BCUT2D eigenvalue weighted by Crippen LogP contribution is 2.45. The molecular weight excluding hydrogens is 330 g/mol. The van der Waals surface area contributed by atoms with Gasteiger partial charge in [0.2, 0.25) is 0 Å². The van der Waals surface area contributed by atoms with Gasteiger partial charge < -0.3 is 5.32 Å². The van der Waals surface area contributed by atoms with Crippen LogP contribution in [0, 0.1) is 11.7 Å². The number of hydrogen-bond donors (Lipinski definition) is 1. The summed E-state index contributed by atoms with van der Waals surface area (Å²) in [6.45, 7) is 0.680. The average molecular weight is 349 g/mol. The van der Waals surface area contributed by atoms with Crippen molar-refractivity contribution in [2.75, 3.05) is 6.54 Å². The van der Waals surface area contributed by atoms with Gasteiger partial charge in [-0.1, -0.05) is 24.3 Å². The van der Waals surface area contributed by atoms with Gasteiger partial charge in [0.1, 0.15) is 5.82 Å². The van der Waals surface area contributed by atoms with Crippen LogP contribution in [0.3, 0.4) is 0 Å². The van der Waals surface area contributed by atoms with Gasteiger partial charge in [0.25, 0.3) is 0 Å². The molecule has 0 amide bonds. The van der Waals surface area contributed by atoms with Gasteiger partial charge in [-0.25, -0.2) is 4.39 Å². The molecule has 3 atom stereocenters. The zero-order valence-electron chi connectivity index (χ0n) is 13.6. The standard InChI is InChI=1S/C20H19F4N/c21-13-4-1-3-12(9-13)10-19-16-8-7-15-14(17(16)11-25-19)5-2-6-18(15)20(22,23)24/h1-6,9,16-17,19,25H,7-8,10-11H2/t16?,17-,19-/m1/s1. The van der Waals surface area contributed by atoms with Crippen molar-refractivity contribution in [1.82, 2.24) is 5.32 Å². The van der Waals surface area contributed by atoms with E-state index in [1.54, 1.807) is 6.07 Å². The van der Waals surface area contributed by atoms with Crippen LogP contribution in [0.4, 0.5) is 17.6 Å². The molecular formula is C20H19F4N.